The zero-order valence-corrected chi connectivity index (χ0v) is 18.6. The minimum Gasteiger partial charge on any atom is -0.308 e. The second-order valence-electron chi connectivity index (χ2n) is 6.64. The molecule has 29 heavy (non-hydrogen) atoms. The number of amides is 1. The second kappa shape index (κ2) is 9.17. The quantitative estimate of drug-likeness (QED) is 0.566. The highest BCUT2D eigenvalue weighted by Gasteiger charge is 2.23. The van der Waals surface area contributed by atoms with Crippen LogP contribution < -0.4 is 4.90 Å². The highest BCUT2D eigenvalue weighted by molar-refractivity contribution is 7.91. The van der Waals surface area contributed by atoms with E-state index in [-0.39, 0.29) is 28.8 Å². The number of likely N-dealkylation sites (N-methyl/N-ethyl adjacent to an activating group) is 1. The Kier molecular flexibility index (Phi) is 7.34. The number of carbonyl (C=O) groups excluding carboxylic acids is 1. The first-order valence-corrected chi connectivity index (χ1v) is 11.2. The van der Waals surface area contributed by atoms with E-state index >= 15 is 0 Å². The molecular weight excluding hydrogens is 437 g/mol. The smallest absolute Gasteiger partial charge is 0.260 e. The Hall–Kier alpha value is -2.07. The number of rotatable bonds is 6. The molecule has 3 rings (SSSR count). The van der Waals surface area contributed by atoms with Crippen LogP contribution in [0.5, 0.6) is 0 Å². The molecule has 0 aliphatic heterocycles. The molecule has 6 nitrogen and oxygen atoms in total. The zero-order chi connectivity index (χ0) is 20.5. The van der Waals surface area contributed by atoms with E-state index in [0.717, 1.165) is 6.26 Å². The Morgan fingerprint density at radius 2 is 1.83 bits per heavy atom. The van der Waals surface area contributed by atoms with Crippen molar-refractivity contribution >= 4 is 54.8 Å². The standard InChI is InChI=1S/C19H20FN3O3S2.ClH/c1-22(2)10-11-23(18(24)13-6-4-7-14(20)12-13)19-21-17-15(27-19)8-5-9-16(17)28(3,25)26;/h4-9,12H,10-11H2,1-3H3;1H. The molecule has 156 valence electrons. The molecule has 0 atom stereocenters. The maximum Gasteiger partial charge on any atom is 0.260 e. The predicted molar refractivity (Wildman–Crippen MR) is 117 cm³/mol. The van der Waals surface area contributed by atoms with Gasteiger partial charge < -0.3 is 4.90 Å². The number of anilines is 1. The van der Waals surface area contributed by atoms with Crippen molar-refractivity contribution < 1.29 is 17.6 Å². The van der Waals surface area contributed by atoms with Crippen molar-refractivity contribution in [1.29, 1.82) is 0 Å². The Labute approximate surface area is 179 Å². The van der Waals surface area contributed by atoms with Crippen molar-refractivity contribution in [3.63, 3.8) is 0 Å². The summed E-state index contributed by atoms with van der Waals surface area (Å²) < 4.78 is 38.4. The van der Waals surface area contributed by atoms with Crippen molar-refractivity contribution in [3.05, 3.63) is 53.8 Å². The lowest BCUT2D eigenvalue weighted by molar-refractivity contribution is 0.0984. The predicted octanol–water partition coefficient (Wildman–Crippen LogP) is 3.47. The molecule has 0 saturated carbocycles. The molecule has 0 unspecified atom stereocenters. The van der Waals surface area contributed by atoms with E-state index in [0.29, 0.717) is 28.4 Å². The number of hydrogen-bond acceptors (Lipinski definition) is 6. The van der Waals surface area contributed by atoms with Crippen molar-refractivity contribution in [2.45, 2.75) is 4.90 Å². The highest BCUT2D eigenvalue weighted by atomic mass is 35.5. The summed E-state index contributed by atoms with van der Waals surface area (Å²) in [6, 6.07) is 10.4. The number of halogens is 2. The number of sulfone groups is 1. The fourth-order valence-corrected chi connectivity index (χ4v) is 4.60. The summed E-state index contributed by atoms with van der Waals surface area (Å²) in [7, 11) is 0.297. The summed E-state index contributed by atoms with van der Waals surface area (Å²) in [4.78, 5) is 21.0. The van der Waals surface area contributed by atoms with Gasteiger partial charge in [-0.25, -0.2) is 17.8 Å². The third-order valence-corrected chi connectivity index (χ3v) is 6.26. The molecule has 0 fully saturated rings. The van der Waals surface area contributed by atoms with E-state index < -0.39 is 15.7 Å². The Bertz CT molecular complexity index is 1130. The molecule has 0 bridgehead atoms. The van der Waals surface area contributed by atoms with Crippen LogP contribution in [0.4, 0.5) is 9.52 Å². The monoisotopic (exact) mass is 457 g/mol. The van der Waals surface area contributed by atoms with Crippen LogP contribution in [-0.4, -0.2) is 57.6 Å². The van der Waals surface area contributed by atoms with Gasteiger partial charge in [-0.15, -0.1) is 12.4 Å². The molecule has 0 radical (unpaired) electrons. The summed E-state index contributed by atoms with van der Waals surface area (Å²) >= 11 is 1.23. The van der Waals surface area contributed by atoms with Crippen LogP contribution in [0.3, 0.4) is 0 Å². The summed E-state index contributed by atoms with van der Waals surface area (Å²) in [5, 5.41) is 0.377. The Balaban J connectivity index is 0.00000300. The minimum atomic E-state index is -3.46. The Morgan fingerprint density at radius 1 is 1.14 bits per heavy atom. The van der Waals surface area contributed by atoms with Crippen molar-refractivity contribution in [2.75, 3.05) is 38.3 Å². The Morgan fingerprint density at radius 3 is 2.45 bits per heavy atom. The molecule has 0 N–H and O–H groups in total. The lowest BCUT2D eigenvalue weighted by Crippen LogP contribution is -2.36. The van der Waals surface area contributed by atoms with Gasteiger partial charge in [-0.05, 0) is 44.4 Å². The van der Waals surface area contributed by atoms with Gasteiger partial charge in [-0.1, -0.05) is 23.5 Å². The molecule has 1 aromatic heterocycles. The van der Waals surface area contributed by atoms with Crippen molar-refractivity contribution in [2.24, 2.45) is 0 Å². The first-order chi connectivity index (χ1) is 13.2. The number of carbonyl (C=O) groups is 1. The number of thiazole rings is 1. The first-order valence-electron chi connectivity index (χ1n) is 8.48. The van der Waals surface area contributed by atoms with Gasteiger partial charge in [0.1, 0.15) is 11.3 Å². The minimum absolute atomic E-state index is 0. The summed E-state index contributed by atoms with van der Waals surface area (Å²) in [6.07, 6.45) is 1.13. The van der Waals surface area contributed by atoms with Crippen LogP contribution in [0.1, 0.15) is 10.4 Å². The zero-order valence-electron chi connectivity index (χ0n) is 16.1. The number of fused-ring (bicyclic) bond motifs is 1. The van der Waals surface area contributed by atoms with E-state index in [9.17, 15) is 17.6 Å². The maximum atomic E-state index is 13.6. The molecule has 3 aromatic rings. The molecule has 10 heteroatoms. The molecule has 0 aliphatic carbocycles. The van der Waals surface area contributed by atoms with Crippen LogP contribution in [0.2, 0.25) is 0 Å². The molecule has 0 saturated heterocycles. The number of nitrogens with zero attached hydrogens (tertiary/aromatic N) is 3. The lowest BCUT2D eigenvalue weighted by Gasteiger charge is -2.22. The van der Waals surface area contributed by atoms with Crippen LogP contribution in [0.25, 0.3) is 10.2 Å². The van der Waals surface area contributed by atoms with Gasteiger partial charge in [-0.3, -0.25) is 9.69 Å². The van der Waals surface area contributed by atoms with Crippen LogP contribution in [-0.2, 0) is 9.84 Å². The SMILES string of the molecule is CN(C)CCN(C(=O)c1cccc(F)c1)c1nc2c(S(C)(=O)=O)cccc2s1.Cl. The number of hydrogen-bond donors (Lipinski definition) is 0. The molecule has 2 aromatic carbocycles. The van der Waals surface area contributed by atoms with Crippen molar-refractivity contribution in [1.82, 2.24) is 9.88 Å². The van der Waals surface area contributed by atoms with Crippen molar-refractivity contribution in [3.8, 4) is 0 Å². The van der Waals surface area contributed by atoms with Crippen LogP contribution in [0, 0.1) is 5.82 Å². The maximum absolute atomic E-state index is 13.6. The topological polar surface area (TPSA) is 70.6 Å². The van der Waals surface area contributed by atoms with Crippen LogP contribution >= 0.6 is 23.7 Å². The third kappa shape index (κ3) is 5.30. The van der Waals surface area contributed by atoms with E-state index in [2.05, 4.69) is 4.98 Å². The van der Waals surface area contributed by atoms with Gasteiger partial charge in [-0.2, -0.15) is 0 Å². The van der Waals surface area contributed by atoms with E-state index in [1.807, 2.05) is 19.0 Å². The molecule has 1 heterocycles. The van der Waals surface area contributed by atoms with E-state index in [1.165, 1.54) is 40.5 Å². The fourth-order valence-electron chi connectivity index (χ4n) is 2.69. The van der Waals surface area contributed by atoms with Crippen LogP contribution in [0.15, 0.2) is 47.4 Å². The number of para-hydroxylation sites is 1. The fraction of sp³-hybridized carbons (Fsp3) is 0.263. The molecular formula is C19H21ClFN3O3S2. The normalized spacial score (nSPS) is 11.5. The van der Waals surface area contributed by atoms with E-state index in [1.54, 1.807) is 18.2 Å². The van der Waals surface area contributed by atoms with Gasteiger partial charge in [0, 0.05) is 24.9 Å². The first kappa shape index (κ1) is 23.2. The van der Waals surface area contributed by atoms with E-state index in [4.69, 9.17) is 0 Å². The molecule has 1 amide bonds. The van der Waals surface area contributed by atoms with Gasteiger partial charge >= 0.3 is 0 Å². The summed E-state index contributed by atoms with van der Waals surface area (Å²) in [5.41, 5.74) is 0.549. The average molecular weight is 458 g/mol. The number of benzene rings is 2. The second-order valence-corrected chi connectivity index (χ2v) is 9.64. The average Bonchev–Trinajstić information content (AvgIpc) is 3.04. The summed E-state index contributed by atoms with van der Waals surface area (Å²) in [5.74, 6) is -0.886. The summed E-state index contributed by atoms with van der Waals surface area (Å²) in [6.45, 7) is 0.895. The highest BCUT2D eigenvalue weighted by Crippen LogP contribution is 2.33. The van der Waals surface area contributed by atoms with Gasteiger partial charge in [0.15, 0.2) is 15.0 Å². The largest absolute Gasteiger partial charge is 0.308 e. The van der Waals surface area contributed by atoms with Gasteiger partial charge in [0.05, 0.1) is 9.60 Å². The number of aromatic nitrogens is 1. The third-order valence-electron chi connectivity index (χ3n) is 4.09. The van der Waals surface area contributed by atoms with Gasteiger partial charge in [0.2, 0.25) is 0 Å². The lowest BCUT2D eigenvalue weighted by atomic mass is 10.2. The molecule has 0 spiro atoms. The molecule has 0 aliphatic rings. The van der Waals surface area contributed by atoms with Gasteiger partial charge in [0.25, 0.3) is 5.91 Å².